The molecule has 0 aromatic heterocycles. The van der Waals surface area contributed by atoms with Crippen LogP contribution in [0.1, 0.15) is 5.56 Å². The number of carbonyl (C=O) groups excluding carboxylic acids is 1. The number of hydrogen-bond donors (Lipinski definition) is 1. The molecule has 0 radical (unpaired) electrons. The topological polar surface area (TPSA) is 89.7 Å². The molecular weight excluding hydrogens is 373 g/mol. The normalized spacial score (nSPS) is 17.3. The molecule has 0 spiro atoms. The molecule has 0 aliphatic carbocycles. The lowest BCUT2D eigenvalue weighted by Crippen LogP contribution is -2.49. The van der Waals surface area contributed by atoms with Gasteiger partial charge in [0.1, 0.15) is 5.75 Å². The Kier molecular flexibility index (Phi) is 4.31. The lowest BCUT2D eigenvalue weighted by atomic mass is 10.2. The molecule has 138 valence electrons. The lowest BCUT2D eigenvalue weighted by Gasteiger charge is -2.34. The summed E-state index contributed by atoms with van der Waals surface area (Å²) in [6.45, 7) is -0.440. The van der Waals surface area contributed by atoms with Crippen LogP contribution >= 0.6 is 0 Å². The van der Waals surface area contributed by atoms with Crippen molar-refractivity contribution < 1.29 is 31.1 Å². The number of nitrogens with zero attached hydrogens (tertiary/aromatic N) is 1. The van der Waals surface area contributed by atoms with Crippen LogP contribution in [0.15, 0.2) is 53.4 Å². The van der Waals surface area contributed by atoms with E-state index in [1.165, 1.54) is 12.1 Å². The minimum atomic E-state index is -4.69. The van der Waals surface area contributed by atoms with Crippen molar-refractivity contribution in [1.29, 1.82) is 0 Å². The van der Waals surface area contributed by atoms with E-state index in [1.807, 2.05) is 0 Å². The van der Waals surface area contributed by atoms with Crippen LogP contribution in [0.3, 0.4) is 0 Å². The van der Waals surface area contributed by atoms with E-state index in [0.29, 0.717) is 6.07 Å². The van der Waals surface area contributed by atoms with E-state index >= 15 is 0 Å². The second-order valence-electron chi connectivity index (χ2n) is 5.54. The summed E-state index contributed by atoms with van der Waals surface area (Å²) in [6, 6.07) is 9.37. The molecule has 0 fully saturated rings. The van der Waals surface area contributed by atoms with Gasteiger partial charge in [0.25, 0.3) is 15.9 Å². The molecule has 1 amide bonds. The number of rotatable bonds is 3. The van der Waals surface area contributed by atoms with Gasteiger partial charge in [0.05, 0.1) is 22.7 Å². The van der Waals surface area contributed by atoms with E-state index in [2.05, 4.69) is 0 Å². The average molecular weight is 386 g/mol. The Balaban J connectivity index is 2.11. The van der Waals surface area contributed by atoms with Crippen LogP contribution in [0, 0.1) is 0 Å². The molecule has 3 rings (SSSR count). The zero-order valence-corrected chi connectivity index (χ0v) is 13.9. The van der Waals surface area contributed by atoms with Crippen molar-refractivity contribution in [1.82, 2.24) is 0 Å². The summed E-state index contributed by atoms with van der Waals surface area (Å²) in [6.07, 6.45) is -5.95. The smallest absolute Gasteiger partial charge is 0.416 e. The number of sulfonamides is 1. The molecule has 6 nitrogen and oxygen atoms in total. The van der Waals surface area contributed by atoms with Gasteiger partial charge in [0.15, 0.2) is 6.10 Å². The number of alkyl halides is 3. The first-order chi connectivity index (χ1) is 12.1. The van der Waals surface area contributed by atoms with E-state index < -0.39 is 45.2 Å². The third-order valence-corrected chi connectivity index (χ3v) is 5.58. The van der Waals surface area contributed by atoms with E-state index in [4.69, 9.17) is 10.5 Å². The molecule has 1 atom stereocenters. The molecular formula is C16H13F3N2O4S. The van der Waals surface area contributed by atoms with Crippen molar-refractivity contribution in [3.63, 3.8) is 0 Å². The predicted molar refractivity (Wildman–Crippen MR) is 86.0 cm³/mol. The molecule has 10 heteroatoms. The number of carbonyl (C=O) groups is 1. The summed E-state index contributed by atoms with van der Waals surface area (Å²) in [5.74, 6) is -0.790. The monoisotopic (exact) mass is 386 g/mol. The van der Waals surface area contributed by atoms with Crippen molar-refractivity contribution >= 4 is 21.6 Å². The first kappa shape index (κ1) is 18.1. The van der Waals surface area contributed by atoms with Gasteiger partial charge in [-0.15, -0.1) is 0 Å². The Morgan fingerprint density at radius 1 is 1.15 bits per heavy atom. The van der Waals surface area contributed by atoms with Crippen LogP contribution in [-0.4, -0.2) is 27.0 Å². The SMILES string of the molecule is NC(=O)[C@@H]1CN(S(=O)(=O)c2cccc(C(F)(F)F)c2)c2ccccc2O1. The highest BCUT2D eigenvalue weighted by Crippen LogP contribution is 2.37. The third-order valence-electron chi connectivity index (χ3n) is 3.80. The van der Waals surface area contributed by atoms with Crippen LogP contribution in [0.4, 0.5) is 18.9 Å². The minimum absolute atomic E-state index is 0.0955. The van der Waals surface area contributed by atoms with Crippen LogP contribution in [0.2, 0.25) is 0 Å². The molecule has 1 aliphatic heterocycles. The fourth-order valence-electron chi connectivity index (χ4n) is 2.54. The number of halogens is 3. The Hall–Kier alpha value is -2.75. The van der Waals surface area contributed by atoms with Crippen molar-refractivity contribution in [3.05, 3.63) is 54.1 Å². The maximum Gasteiger partial charge on any atom is 0.416 e. The van der Waals surface area contributed by atoms with Gasteiger partial charge in [-0.3, -0.25) is 9.10 Å². The zero-order chi connectivity index (χ0) is 19.1. The van der Waals surface area contributed by atoms with Crippen LogP contribution < -0.4 is 14.8 Å². The van der Waals surface area contributed by atoms with Gasteiger partial charge in [0, 0.05) is 0 Å². The Morgan fingerprint density at radius 3 is 2.50 bits per heavy atom. The molecule has 2 aromatic rings. The number of anilines is 1. The highest BCUT2D eigenvalue weighted by atomic mass is 32.2. The first-order valence-electron chi connectivity index (χ1n) is 7.36. The lowest BCUT2D eigenvalue weighted by molar-refractivity contribution is -0.137. The van der Waals surface area contributed by atoms with Gasteiger partial charge >= 0.3 is 6.18 Å². The van der Waals surface area contributed by atoms with Gasteiger partial charge in [-0.05, 0) is 30.3 Å². The van der Waals surface area contributed by atoms with Gasteiger partial charge < -0.3 is 10.5 Å². The second kappa shape index (κ2) is 6.20. The zero-order valence-electron chi connectivity index (χ0n) is 13.1. The van der Waals surface area contributed by atoms with Gasteiger partial charge in [0.2, 0.25) is 0 Å². The number of amides is 1. The number of para-hydroxylation sites is 2. The summed E-state index contributed by atoms with van der Waals surface area (Å²) in [4.78, 5) is 10.9. The molecule has 0 unspecified atom stereocenters. The molecule has 26 heavy (non-hydrogen) atoms. The van der Waals surface area contributed by atoms with E-state index in [-0.39, 0.29) is 11.4 Å². The number of nitrogens with two attached hydrogens (primary N) is 1. The number of fused-ring (bicyclic) bond motifs is 1. The van der Waals surface area contributed by atoms with Crippen molar-refractivity contribution in [2.24, 2.45) is 5.73 Å². The standard InChI is InChI=1S/C16H13F3N2O4S/c17-16(18,19)10-4-3-5-11(8-10)26(23,24)21-9-14(15(20)22)25-13-7-2-1-6-12(13)21/h1-8,14H,9H2,(H2,20,22)/t14-/m0/s1. The van der Waals surface area contributed by atoms with Crippen LogP contribution in [0.5, 0.6) is 5.75 Å². The third kappa shape index (κ3) is 3.19. The first-order valence-corrected chi connectivity index (χ1v) is 8.80. The largest absolute Gasteiger partial charge is 0.476 e. The molecule has 0 bridgehead atoms. The van der Waals surface area contributed by atoms with Crippen molar-refractivity contribution in [3.8, 4) is 5.75 Å². The Morgan fingerprint density at radius 2 is 1.85 bits per heavy atom. The minimum Gasteiger partial charge on any atom is -0.476 e. The number of ether oxygens (including phenoxy) is 1. The van der Waals surface area contributed by atoms with Crippen LogP contribution in [0.25, 0.3) is 0 Å². The molecule has 1 aliphatic rings. The number of primary amides is 1. The van der Waals surface area contributed by atoms with Gasteiger partial charge in [-0.25, -0.2) is 8.42 Å². The molecule has 1 heterocycles. The van der Waals surface area contributed by atoms with Gasteiger partial charge in [-0.1, -0.05) is 18.2 Å². The second-order valence-corrected chi connectivity index (χ2v) is 7.40. The fraction of sp³-hybridized carbons (Fsp3) is 0.188. The van der Waals surface area contributed by atoms with E-state index in [1.54, 1.807) is 12.1 Å². The van der Waals surface area contributed by atoms with Crippen molar-refractivity contribution in [2.45, 2.75) is 17.2 Å². The van der Waals surface area contributed by atoms with Crippen molar-refractivity contribution in [2.75, 3.05) is 10.8 Å². The summed E-state index contributed by atoms with van der Waals surface area (Å²) in [5, 5.41) is 0. The summed E-state index contributed by atoms with van der Waals surface area (Å²) in [7, 11) is -4.38. The highest BCUT2D eigenvalue weighted by Gasteiger charge is 2.38. The molecule has 0 saturated heterocycles. The highest BCUT2D eigenvalue weighted by molar-refractivity contribution is 7.92. The molecule has 2 aromatic carbocycles. The van der Waals surface area contributed by atoms with Gasteiger partial charge in [-0.2, -0.15) is 13.2 Å². The summed E-state index contributed by atoms with van der Waals surface area (Å²) >= 11 is 0. The van der Waals surface area contributed by atoms with Crippen LogP contribution in [-0.2, 0) is 21.0 Å². The van der Waals surface area contributed by atoms with E-state index in [0.717, 1.165) is 22.5 Å². The average Bonchev–Trinajstić information content (AvgIpc) is 2.60. The Bertz CT molecular complexity index is 960. The summed E-state index contributed by atoms with van der Waals surface area (Å²) in [5.41, 5.74) is 4.24. The number of hydrogen-bond acceptors (Lipinski definition) is 4. The quantitative estimate of drug-likeness (QED) is 0.875. The fourth-order valence-corrected chi connectivity index (χ4v) is 4.06. The molecule has 0 saturated carbocycles. The predicted octanol–water partition coefficient (Wildman–Crippen LogP) is 2.15. The number of benzene rings is 2. The maximum atomic E-state index is 12.9. The molecule has 2 N–H and O–H groups in total. The Labute approximate surface area is 147 Å². The van der Waals surface area contributed by atoms with E-state index in [9.17, 15) is 26.4 Å². The maximum absolute atomic E-state index is 12.9. The summed E-state index contributed by atoms with van der Waals surface area (Å²) < 4.78 is 70.8.